The fourth-order valence-corrected chi connectivity index (χ4v) is 1.91. The molecule has 1 heterocycles. The molecular formula is C10H16OS. The van der Waals surface area contributed by atoms with Gasteiger partial charge in [-0.05, 0) is 48.6 Å². The lowest BCUT2D eigenvalue weighted by Crippen LogP contribution is -1.98. The number of thiophene rings is 1. The average Bonchev–Trinajstić information content (AvgIpc) is 2.49. The Kier molecular flexibility index (Phi) is 4.33. The lowest BCUT2D eigenvalue weighted by molar-refractivity contribution is 0.180. The molecule has 1 aromatic heterocycles. The van der Waals surface area contributed by atoms with E-state index in [1.165, 1.54) is 12.0 Å². The molecule has 0 saturated heterocycles. The molecule has 1 unspecified atom stereocenters. The maximum Gasteiger partial charge on any atom is 0.0512 e. The highest BCUT2D eigenvalue weighted by atomic mass is 32.1. The fraction of sp³-hybridized carbons (Fsp3) is 0.600. The fourth-order valence-electron chi connectivity index (χ4n) is 1.20. The molecule has 2 heteroatoms. The number of hydrogen-bond donors (Lipinski definition) is 1. The number of hydrogen-bond acceptors (Lipinski definition) is 2. The highest BCUT2D eigenvalue weighted by Gasteiger charge is 1.96. The SMILES string of the molecule is CC(O)CCCCc1ccsc1. The highest BCUT2D eigenvalue weighted by molar-refractivity contribution is 7.07. The molecule has 12 heavy (non-hydrogen) atoms. The molecule has 0 saturated carbocycles. The van der Waals surface area contributed by atoms with Gasteiger partial charge in [0, 0.05) is 0 Å². The Morgan fingerprint density at radius 3 is 2.92 bits per heavy atom. The molecule has 0 fully saturated rings. The van der Waals surface area contributed by atoms with E-state index in [0.29, 0.717) is 0 Å². The van der Waals surface area contributed by atoms with Gasteiger partial charge in [0.05, 0.1) is 6.10 Å². The van der Waals surface area contributed by atoms with E-state index in [2.05, 4.69) is 16.8 Å². The number of aliphatic hydroxyl groups is 1. The van der Waals surface area contributed by atoms with Gasteiger partial charge in [0.2, 0.25) is 0 Å². The Balaban J connectivity index is 2.04. The predicted molar refractivity (Wildman–Crippen MR) is 53.6 cm³/mol. The first-order valence-corrected chi connectivity index (χ1v) is 5.42. The topological polar surface area (TPSA) is 20.2 Å². The average molecular weight is 184 g/mol. The van der Waals surface area contributed by atoms with Crippen LogP contribution in [0.4, 0.5) is 0 Å². The van der Waals surface area contributed by atoms with Crippen molar-refractivity contribution in [1.29, 1.82) is 0 Å². The van der Waals surface area contributed by atoms with Gasteiger partial charge in [0.1, 0.15) is 0 Å². The smallest absolute Gasteiger partial charge is 0.0512 e. The van der Waals surface area contributed by atoms with Crippen molar-refractivity contribution < 1.29 is 5.11 Å². The third kappa shape index (κ3) is 3.88. The molecule has 0 aromatic carbocycles. The van der Waals surface area contributed by atoms with E-state index < -0.39 is 0 Å². The Bertz CT molecular complexity index is 192. The Hall–Kier alpha value is -0.340. The molecule has 68 valence electrons. The van der Waals surface area contributed by atoms with Crippen LogP contribution in [0.25, 0.3) is 0 Å². The van der Waals surface area contributed by atoms with Crippen LogP contribution in [0.2, 0.25) is 0 Å². The van der Waals surface area contributed by atoms with Crippen LogP contribution in [0, 0.1) is 0 Å². The second-order valence-electron chi connectivity index (χ2n) is 3.23. The minimum atomic E-state index is -0.132. The van der Waals surface area contributed by atoms with Crippen molar-refractivity contribution in [1.82, 2.24) is 0 Å². The molecule has 0 amide bonds. The van der Waals surface area contributed by atoms with Crippen molar-refractivity contribution in [3.05, 3.63) is 22.4 Å². The summed E-state index contributed by atoms with van der Waals surface area (Å²) in [5.41, 5.74) is 1.44. The summed E-state index contributed by atoms with van der Waals surface area (Å²) < 4.78 is 0. The molecule has 0 aliphatic heterocycles. The van der Waals surface area contributed by atoms with Gasteiger partial charge in [0.25, 0.3) is 0 Å². The molecule has 1 aromatic rings. The maximum atomic E-state index is 9.01. The van der Waals surface area contributed by atoms with Crippen molar-refractivity contribution in [2.24, 2.45) is 0 Å². The number of aliphatic hydroxyl groups excluding tert-OH is 1. The largest absolute Gasteiger partial charge is 0.393 e. The van der Waals surface area contributed by atoms with E-state index in [1.54, 1.807) is 11.3 Å². The summed E-state index contributed by atoms with van der Waals surface area (Å²) in [6, 6.07) is 2.17. The molecule has 0 radical (unpaired) electrons. The van der Waals surface area contributed by atoms with Gasteiger partial charge in [-0.15, -0.1) is 0 Å². The van der Waals surface area contributed by atoms with Gasteiger partial charge < -0.3 is 5.11 Å². The minimum absolute atomic E-state index is 0.132. The number of unbranched alkanes of at least 4 members (excludes halogenated alkanes) is 1. The third-order valence-electron chi connectivity index (χ3n) is 1.92. The Morgan fingerprint density at radius 2 is 2.33 bits per heavy atom. The van der Waals surface area contributed by atoms with Crippen LogP contribution >= 0.6 is 11.3 Å². The van der Waals surface area contributed by atoms with Gasteiger partial charge >= 0.3 is 0 Å². The van der Waals surface area contributed by atoms with Gasteiger partial charge in [-0.3, -0.25) is 0 Å². The summed E-state index contributed by atoms with van der Waals surface area (Å²) in [6.07, 6.45) is 4.29. The summed E-state index contributed by atoms with van der Waals surface area (Å²) in [6.45, 7) is 1.85. The molecule has 0 aliphatic rings. The molecule has 1 nitrogen and oxygen atoms in total. The van der Waals surface area contributed by atoms with E-state index in [4.69, 9.17) is 5.11 Å². The van der Waals surface area contributed by atoms with Crippen LogP contribution in [0.3, 0.4) is 0 Å². The molecule has 1 atom stereocenters. The van der Waals surface area contributed by atoms with Crippen LogP contribution < -0.4 is 0 Å². The molecule has 0 spiro atoms. The van der Waals surface area contributed by atoms with Crippen molar-refractivity contribution in [3.8, 4) is 0 Å². The van der Waals surface area contributed by atoms with E-state index in [-0.39, 0.29) is 6.10 Å². The van der Waals surface area contributed by atoms with Crippen molar-refractivity contribution >= 4 is 11.3 Å². The molecule has 1 rings (SSSR count). The summed E-state index contributed by atoms with van der Waals surface area (Å²) in [4.78, 5) is 0. The van der Waals surface area contributed by atoms with Crippen molar-refractivity contribution in [2.75, 3.05) is 0 Å². The van der Waals surface area contributed by atoms with E-state index in [1.807, 2.05) is 6.92 Å². The Morgan fingerprint density at radius 1 is 1.50 bits per heavy atom. The van der Waals surface area contributed by atoms with Gasteiger partial charge in [-0.2, -0.15) is 11.3 Å². The van der Waals surface area contributed by atoms with Crippen molar-refractivity contribution in [3.63, 3.8) is 0 Å². The first kappa shape index (κ1) is 9.75. The summed E-state index contributed by atoms with van der Waals surface area (Å²) in [5.74, 6) is 0. The van der Waals surface area contributed by atoms with Crippen molar-refractivity contribution in [2.45, 2.75) is 38.7 Å². The van der Waals surface area contributed by atoms with E-state index >= 15 is 0 Å². The van der Waals surface area contributed by atoms with E-state index in [9.17, 15) is 0 Å². The first-order chi connectivity index (χ1) is 5.79. The quantitative estimate of drug-likeness (QED) is 0.698. The summed E-state index contributed by atoms with van der Waals surface area (Å²) >= 11 is 1.75. The number of aryl methyl sites for hydroxylation is 1. The van der Waals surface area contributed by atoms with Gasteiger partial charge in [0.15, 0.2) is 0 Å². The second kappa shape index (κ2) is 5.33. The zero-order valence-electron chi connectivity index (χ0n) is 7.49. The van der Waals surface area contributed by atoms with Gasteiger partial charge in [-0.1, -0.05) is 6.42 Å². The normalized spacial score (nSPS) is 13.2. The zero-order chi connectivity index (χ0) is 8.81. The Labute approximate surface area is 78.1 Å². The second-order valence-corrected chi connectivity index (χ2v) is 4.01. The lowest BCUT2D eigenvalue weighted by atomic mass is 10.1. The monoisotopic (exact) mass is 184 g/mol. The summed E-state index contributed by atoms with van der Waals surface area (Å²) in [5, 5.41) is 13.3. The third-order valence-corrected chi connectivity index (χ3v) is 2.65. The predicted octanol–water partition coefficient (Wildman–Crippen LogP) is 2.84. The molecule has 1 N–H and O–H groups in total. The van der Waals surface area contributed by atoms with E-state index in [0.717, 1.165) is 19.3 Å². The van der Waals surface area contributed by atoms with Crippen LogP contribution in [0.5, 0.6) is 0 Å². The zero-order valence-corrected chi connectivity index (χ0v) is 8.31. The lowest BCUT2D eigenvalue weighted by Gasteiger charge is -2.02. The van der Waals surface area contributed by atoms with Crippen LogP contribution in [-0.4, -0.2) is 11.2 Å². The minimum Gasteiger partial charge on any atom is -0.393 e. The molecule has 0 bridgehead atoms. The summed E-state index contributed by atoms with van der Waals surface area (Å²) in [7, 11) is 0. The highest BCUT2D eigenvalue weighted by Crippen LogP contribution is 2.10. The number of rotatable bonds is 5. The standard InChI is InChI=1S/C10H16OS/c1-9(11)4-2-3-5-10-6-7-12-8-10/h6-9,11H,2-5H2,1H3. The molecular weight excluding hydrogens is 168 g/mol. The maximum absolute atomic E-state index is 9.01. The van der Waals surface area contributed by atoms with Crippen LogP contribution in [-0.2, 0) is 6.42 Å². The first-order valence-electron chi connectivity index (χ1n) is 4.48. The van der Waals surface area contributed by atoms with Gasteiger partial charge in [-0.25, -0.2) is 0 Å². The van der Waals surface area contributed by atoms with Crippen LogP contribution in [0.1, 0.15) is 31.7 Å². The van der Waals surface area contributed by atoms with Crippen LogP contribution in [0.15, 0.2) is 16.8 Å². The molecule has 0 aliphatic carbocycles.